The van der Waals surface area contributed by atoms with Crippen molar-refractivity contribution in [1.29, 1.82) is 0 Å². The molecule has 3 aromatic rings. The third kappa shape index (κ3) is 3.23. The quantitative estimate of drug-likeness (QED) is 0.348. The Morgan fingerprint density at radius 2 is 1.72 bits per heavy atom. The highest BCUT2D eigenvalue weighted by atomic mass is 32.2. The average molecular weight is 409 g/mol. The van der Waals surface area contributed by atoms with Crippen molar-refractivity contribution in [2.75, 3.05) is 19.1 Å². The van der Waals surface area contributed by atoms with Crippen molar-refractivity contribution in [1.82, 2.24) is 15.1 Å². The number of imide groups is 1. The van der Waals surface area contributed by atoms with Gasteiger partial charge in [-0.2, -0.15) is 0 Å². The lowest BCUT2D eigenvalue weighted by Crippen LogP contribution is -2.30. The molecule has 0 radical (unpaired) electrons. The summed E-state index contributed by atoms with van der Waals surface area (Å²) < 4.78 is 16.3. The van der Waals surface area contributed by atoms with Crippen molar-refractivity contribution >= 4 is 23.6 Å². The number of benzene rings is 2. The number of hydrogen-bond acceptors (Lipinski definition) is 8. The monoisotopic (exact) mass is 409 g/mol. The fourth-order valence-electron chi connectivity index (χ4n) is 3.24. The van der Waals surface area contributed by atoms with E-state index in [1.807, 2.05) is 6.07 Å². The van der Waals surface area contributed by atoms with Gasteiger partial charge in [0.15, 0.2) is 11.5 Å². The van der Waals surface area contributed by atoms with Crippen LogP contribution in [0.1, 0.15) is 27.1 Å². The normalized spacial score (nSPS) is 14.6. The van der Waals surface area contributed by atoms with Crippen LogP contribution in [0.15, 0.2) is 52.1 Å². The zero-order chi connectivity index (χ0) is 19.8. The number of carbonyl (C=O) groups is 2. The highest BCUT2D eigenvalue weighted by molar-refractivity contribution is 7.99. The van der Waals surface area contributed by atoms with Gasteiger partial charge in [0.25, 0.3) is 17.0 Å². The second kappa shape index (κ2) is 7.25. The zero-order valence-electron chi connectivity index (χ0n) is 15.2. The third-order valence-corrected chi connectivity index (χ3v) is 5.56. The molecular weight excluding hydrogens is 394 g/mol. The lowest BCUT2D eigenvalue weighted by atomic mass is 10.1. The number of amides is 2. The minimum atomic E-state index is -0.238. The minimum absolute atomic E-state index is 0.205. The molecule has 0 aliphatic carbocycles. The van der Waals surface area contributed by atoms with Crippen LogP contribution in [0.2, 0.25) is 0 Å². The van der Waals surface area contributed by atoms with E-state index in [1.165, 1.54) is 16.7 Å². The molecule has 0 N–H and O–H groups in total. The first kappa shape index (κ1) is 17.7. The topological polar surface area (TPSA) is 94.8 Å². The lowest BCUT2D eigenvalue weighted by Gasteiger charge is -2.12. The Morgan fingerprint density at radius 1 is 0.966 bits per heavy atom. The Kier molecular flexibility index (Phi) is 4.44. The smallest absolute Gasteiger partial charge is 0.276 e. The van der Waals surface area contributed by atoms with Crippen LogP contribution < -0.4 is 9.47 Å². The first-order valence-electron chi connectivity index (χ1n) is 9.02. The molecule has 3 heterocycles. The van der Waals surface area contributed by atoms with E-state index in [0.717, 1.165) is 5.56 Å². The van der Waals surface area contributed by atoms with Gasteiger partial charge in [0.2, 0.25) is 12.7 Å². The first-order chi connectivity index (χ1) is 14.2. The van der Waals surface area contributed by atoms with Crippen molar-refractivity contribution in [3.8, 4) is 23.0 Å². The number of aromatic nitrogens is 2. The van der Waals surface area contributed by atoms with Crippen LogP contribution in [0.25, 0.3) is 11.5 Å². The Hall–Kier alpha value is -3.33. The maximum atomic E-state index is 12.4. The van der Waals surface area contributed by atoms with Crippen molar-refractivity contribution < 1.29 is 23.5 Å². The zero-order valence-corrected chi connectivity index (χ0v) is 16.0. The molecule has 8 nitrogen and oxygen atoms in total. The van der Waals surface area contributed by atoms with Crippen LogP contribution in [0.5, 0.6) is 11.5 Å². The number of fused-ring (bicyclic) bond motifs is 2. The molecular formula is C20H15N3O5S. The summed E-state index contributed by atoms with van der Waals surface area (Å²) in [6.07, 6.45) is 0.623. The number of nitrogens with zero attached hydrogens (tertiary/aromatic N) is 3. The largest absolute Gasteiger partial charge is 0.454 e. The van der Waals surface area contributed by atoms with E-state index in [9.17, 15) is 9.59 Å². The van der Waals surface area contributed by atoms with Crippen LogP contribution in [0.4, 0.5) is 0 Å². The maximum Gasteiger partial charge on any atom is 0.276 e. The summed E-state index contributed by atoms with van der Waals surface area (Å²) in [6.45, 7) is 0.555. The molecule has 0 fully saturated rings. The summed E-state index contributed by atoms with van der Waals surface area (Å²) in [5.74, 6) is 1.89. The highest BCUT2D eigenvalue weighted by Crippen LogP contribution is 2.36. The maximum absolute atomic E-state index is 12.4. The predicted octanol–water partition coefficient (Wildman–Crippen LogP) is 3.24. The molecule has 9 heteroatoms. The van der Waals surface area contributed by atoms with Gasteiger partial charge in [0, 0.05) is 17.9 Å². The van der Waals surface area contributed by atoms with Crippen LogP contribution in [0, 0.1) is 0 Å². The summed E-state index contributed by atoms with van der Waals surface area (Å²) in [7, 11) is 0. The van der Waals surface area contributed by atoms with E-state index in [0.29, 0.717) is 52.5 Å². The number of hydrogen-bond donors (Lipinski definition) is 0. The molecule has 2 aliphatic heterocycles. The molecule has 0 atom stereocenters. The Morgan fingerprint density at radius 3 is 2.52 bits per heavy atom. The summed E-state index contributed by atoms with van der Waals surface area (Å²) in [5.41, 5.74) is 1.69. The molecule has 1 aromatic heterocycles. The van der Waals surface area contributed by atoms with Crippen molar-refractivity contribution in [2.45, 2.75) is 11.6 Å². The van der Waals surface area contributed by atoms with Crippen LogP contribution in [-0.2, 0) is 0 Å². The SMILES string of the molecule is O=C1c2ccccc2C(=O)N1CCCSc1nnc(-c2ccc3c(c2)OCO3)o1. The van der Waals surface area contributed by atoms with Gasteiger partial charge in [-0.3, -0.25) is 14.5 Å². The second-order valence-electron chi connectivity index (χ2n) is 6.45. The van der Waals surface area contributed by atoms with Crippen molar-refractivity contribution in [3.05, 3.63) is 53.6 Å². The molecule has 2 aliphatic rings. The summed E-state index contributed by atoms with van der Waals surface area (Å²) in [6, 6.07) is 12.3. The predicted molar refractivity (Wildman–Crippen MR) is 103 cm³/mol. The van der Waals surface area contributed by atoms with Gasteiger partial charge in [-0.05, 0) is 36.8 Å². The number of thioether (sulfide) groups is 1. The summed E-state index contributed by atoms with van der Waals surface area (Å²) >= 11 is 1.39. The van der Waals surface area contributed by atoms with E-state index >= 15 is 0 Å². The van der Waals surface area contributed by atoms with E-state index in [2.05, 4.69) is 10.2 Å². The lowest BCUT2D eigenvalue weighted by molar-refractivity contribution is 0.0655. The number of ether oxygens (including phenoxy) is 2. The molecule has 0 saturated heterocycles. The number of carbonyl (C=O) groups excluding carboxylic acids is 2. The van der Waals surface area contributed by atoms with Crippen LogP contribution in [-0.4, -0.2) is 46.0 Å². The van der Waals surface area contributed by atoms with E-state index < -0.39 is 0 Å². The Labute approximate surface area is 169 Å². The van der Waals surface area contributed by atoms with Crippen LogP contribution >= 0.6 is 11.8 Å². The molecule has 146 valence electrons. The van der Waals surface area contributed by atoms with E-state index in [4.69, 9.17) is 13.9 Å². The van der Waals surface area contributed by atoms with Gasteiger partial charge in [0.05, 0.1) is 11.1 Å². The van der Waals surface area contributed by atoms with Gasteiger partial charge >= 0.3 is 0 Å². The molecule has 5 rings (SSSR count). The molecule has 2 aromatic carbocycles. The van der Waals surface area contributed by atoms with Gasteiger partial charge in [0.1, 0.15) is 0 Å². The third-order valence-electron chi connectivity index (χ3n) is 4.66. The van der Waals surface area contributed by atoms with Crippen molar-refractivity contribution in [3.63, 3.8) is 0 Å². The van der Waals surface area contributed by atoms with E-state index in [-0.39, 0.29) is 18.6 Å². The van der Waals surface area contributed by atoms with Gasteiger partial charge < -0.3 is 13.9 Å². The Bertz CT molecular complexity index is 1080. The molecule has 29 heavy (non-hydrogen) atoms. The van der Waals surface area contributed by atoms with Gasteiger partial charge in [-0.1, -0.05) is 23.9 Å². The first-order valence-corrected chi connectivity index (χ1v) is 10.0. The van der Waals surface area contributed by atoms with Gasteiger partial charge in [-0.25, -0.2) is 0 Å². The molecule has 0 bridgehead atoms. The Balaban J connectivity index is 1.16. The minimum Gasteiger partial charge on any atom is -0.454 e. The summed E-state index contributed by atoms with van der Waals surface area (Å²) in [5, 5.41) is 8.54. The molecule has 0 unspecified atom stereocenters. The molecule has 0 saturated carbocycles. The van der Waals surface area contributed by atoms with Crippen LogP contribution in [0.3, 0.4) is 0 Å². The fourth-order valence-corrected chi connectivity index (χ4v) is 3.92. The van der Waals surface area contributed by atoms with E-state index in [1.54, 1.807) is 36.4 Å². The average Bonchev–Trinajstić information content (AvgIpc) is 3.46. The molecule has 2 amide bonds. The number of rotatable bonds is 6. The standard InChI is InChI=1S/C20H15N3O5S/c24-18-13-4-1-2-5-14(13)19(25)23(18)8-3-9-29-20-22-21-17(28-20)12-6-7-15-16(10-12)27-11-26-15/h1-2,4-7,10H,3,8-9,11H2. The second-order valence-corrected chi connectivity index (χ2v) is 7.50. The highest BCUT2D eigenvalue weighted by Gasteiger charge is 2.34. The fraction of sp³-hybridized carbons (Fsp3) is 0.200. The van der Waals surface area contributed by atoms with Gasteiger partial charge in [-0.15, -0.1) is 10.2 Å². The molecule has 0 spiro atoms. The summed E-state index contributed by atoms with van der Waals surface area (Å²) in [4.78, 5) is 26.0. The van der Waals surface area contributed by atoms with Crippen molar-refractivity contribution in [2.24, 2.45) is 0 Å².